The summed E-state index contributed by atoms with van der Waals surface area (Å²) in [5.41, 5.74) is 1.22. The van der Waals surface area contributed by atoms with Crippen molar-refractivity contribution in [2.75, 3.05) is 39.8 Å². The Morgan fingerprint density at radius 3 is 2.30 bits per heavy atom. The molecule has 0 bridgehead atoms. The molecular weight excluding hydrogens is 252 g/mol. The summed E-state index contributed by atoms with van der Waals surface area (Å²) in [4.78, 5) is 15.8. The molecule has 0 saturated carbocycles. The number of carbonyl (C=O) groups excluding carboxylic acids is 1. The van der Waals surface area contributed by atoms with Crippen molar-refractivity contribution in [2.45, 2.75) is 20.8 Å². The van der Waals surface area contributed by atoms with Crippen LogP contribution in [-0.4, -0.2) is 55.5 Å². The molecule has 1 rings (SSSR count). The van der Waals surface area contributed by atoms with E-state index in [-0.39, 0.29) is 5.91 Å². The second-order valence-corrected chi connectivity index (χ2v) is 4.97. The molecule has 0 saturated heterocycles. The molecular formula is C16H26N2O2. The van der Waals surface area contributed by atoms with E-state index in [0.29, 0.717) is 13.2 Å². The monoisotopic (exact) mass is 278 g/mol. The van der Waals surface area contributed by atoms with Crippen molar-refractivity contribution < 1.29 is 9.53 Å². The highest BCUT2D eigenvalue weighted by molar-refractivity contribution is 5.78. The first-order valence-corrected chi connectivity index (χ1v) is 7.22. The van der Waals surface area contributed by atoms with Gasteiger partial charge in [-0.25, -0.2) is 0 Å². The standard InChI is InChI=1S/C16H26N2O2/c1-5-18(6-2)16(19)13-17(4)11-12-20-15-9-7-14(3)8-10-15/h7-10H,5-6,11-13H2,1-4H3. The first-order valence-electron chi connectivity index (χ1n) is 7.22. The average Bonchev–Trinajstić information content (AvgIpc) is 2.42. The molecule has 4 heteroatoms. The maximum atomic E-state index is 11.9. The van der Waals surface area contributed by atoms with E-state index in [1.54, 1.807) is 0 Å². The van der Waals surface area contributed by atoms with E-state index in [4.69, 9.17) is 4.74 Å². The lowest BCUT2D eigenvalue weighted by Crippen LogP contribution is -2.39. The van der Waals surface area contributed by atoms with Gasteiger partial charge in [-0.2, -0.15) is 0 Å². The van der Waals surface area contributed by atoms with Crippen molar-refractivity contribution in [3.8, 4) is 5.75 Å². The van der Waals surface area contributed by atoms with Crippen molar-refractivity contribution in [1.82, 2.24) is 9.80 Å². The van der Waals surface area contributed by atoms with Crippen LogP contribution in [0.15, 0.2) is 24.3 Å². The van der Waals surface area contributed by atoms with Gasteiger partial charge >= 0.3 is 0 Å². The van der Waals surface area contributed by atoms with E-state index in [0.717, 1.165) is 25.4 Å². The Kier molecular flexibility index (Phi) is 7.09. The number of aryl methyl sites for hydroxylation is 1. The van der Waals surface area contributed by atoms with E-state index in [2.05, 4.69) is 6.92 Å². The number of hydrogen-bond donors (Lipinski definition) is 0. The fraction of sp³-hybridized carbons (Fsp3) is 0.562. The molecule has 0 N–H and O–H groups in total. The number of likely N-dealkylation sites (N-methyl/N-ethyl adjacent to an activating group) is 2. The summed E-state index contributed by atoms with van der Waals surface area (Å²) >= 11 is 0. The third-order valence-electron chi connectivity index (χ3n) is 3.28. The maximum Gasteiger partial charge on any atom is 0.236 e. The lowest BCUT2D eigenvalue weighted by molar-refractivity contribution is -0.131. The molecule has 1 amide bonds. The molecule has 112 valence electrons. The zero-order chi connectivity index (χ0) is 15.0. The quantitative estimate of drug-likeness (QED) is 0.730. The molecule has 0 unspecified atom stereocenters. The van der Waals surface area contributed by atoms with E-state index in [9.17, 15) is 4.79 Å². The van der Waals surface area contributed by atoms with Crippen LogP contribution in [-0.2, 0) is 4.79 Å². The zero-order valence-corrected chi connectivity index (χ0v) is 13.1. The van der Waals surface area contributed by atoms with Crippen LogP contribution in [0.4, 0.5) is 0 Å². The summed E-state index contributed by atoms with van der Waals surface area (Å²) < 4.78 is 5.66. The third-order valence-corrected chi connectivity index (χ3v) is 3.28. The summed E-state index contributed by atoms with van der Waals surface area (Å²) in [6.45, 7) is 9.36. The number of amides is 1. The minimum absolute atomic E-state index is 0.174. The summed E-state index contributed by atoms with van der Waals surface area (Å²) in [6.07, 6.45) is 0. The van der Waals surface area contributed by atoms with Gasteiger partial charge in [0.25, 0.3) is 0 Å². The van der Waals surface area contributed by atoms with Crippen LogP contribution in [0.2, 0.25) is 0 Å². The molecule has 0 spiro atoms. The maximum absolute atomic E-state index is 11.9. The van der Waals surface area contributed by atoms with E-state index in [1.807, 2.05) is 55.0 Å². The topological polar surface area (TPSA) is 32.8 Å². The highest BCUT2D eigenvalue weighted by Crippen LogP contribution is 2.11. The van der Waals surface area contributed by atoms with Gasteiger partial charge in [-0.05, 0) is 40.0 Å². The molecule has 0 fully saturated rings. The van der Waals surface area contributed by atoms with Gasteiger partial charge in [-0.1, -0.05) is 17.7 Å². The third kappa shape index (κ3) is 5.61. The SMILES string of the molecule is CCN(CC)C(=O)CN(C)CCOc1ccc(C)cc1. The van der Waals surface area contributed by atoms with Gasteiger partial charge in [-0.15, -0.1) is 0 Å². The molecule has 0 heterocycles. The number of benzene rings is 1. The minimum Gasteiger partial charge on any atom is -0.492 e. The first-order chi connectivity index (χ1) is 9.56. The molecule has 0 aliphatic heterocycles. The number of ether oxygens (including phenoxy) is 1. The molecule has 0 atom stereocenters. The van der Waals surface area contributed by atoms with Crippen molar-refractivity contribution in [2.24, 2.45) is 0 Å². The van der Waals surface area contributed by atoms with Crippen LogP contribution in [0.25, 0.3) is 0 Å². The lowest BCUT2D eigenvalue weighted by atomic mass is 10.2. The molecule has 0 aliphatic rings. The molecule has 4 nitrogen and oxygen atoms in total. The highest BCUT2D eigenvalue weighted by Gasteiger charge is 2.11. The van der Waals surface area contributed by atoms with Crippen LogP contribution in [0, 0.1) is 6.92 Å². The molecule has 1 aromatic rings. The van der Waals surface area contributed by atoms with Crippen LogP contribution in [0.3, 0.4) is 0 Å². The summed E-state index contributed by atoms with van der Waals surface area (Å²) in [5, 5.41) is 0. The smallest absolute Gasteiger partial charge is 0.236 e. The molecule has 0 aromatic heterocycles. The lowest BCUT2D eigenvalue weighted by Gasteiger charge is -2.23. The normalized spacial score (nSPS) is 10.7. The first kappa shape index (κ1) is 16.5. The summed E-state index contributed by atoms with van der Waals surface area (Å²) in [6, 6.07) is 8.00. The Morgan fingerprint density at radius 1 is 1.15 bits per heavy atom. The van der Waals surface area contributed by atoms with Crippen LogP contribution >= 0.6 is 0 Å². The van der Waals surface area contributed by atoms with Gasteiger partial charge in [0.15, 0.2) is 0 Å². The minimum atomic E-state index is 0.174. The van der Waals surface area contributed by atoms with E-state index in [1.165, 1.54) is 5.56 Å². The van der Waals surface area contributed by atoms with Crippen LogP contribution in [0.5, 0.6) is 5.75 Å². The summed E-state index contributed by atoms with van der Waals surface area (Å²) in [7, 11) is 1.94. The Bertz CT molecular complexity index is 399. The second kappa shape index (κ2) is 8.59. The van der Waals surface area contributed by atoms with Crippen LogP contribution < -0.4 is 4.74 Å². The Morgan fingerprint density at radius 2 is 1.75 bits per heavy atom. The van der Waals surface area contributed by atoms with Gasteiger partial charge in [0.2, 0.25) is 5.91 Å². The molecule has 0 radical (unpaired) electrons. The van der Waals surface area contributed by atoms with Gasteiger partial charge in [0.1, 0.15) is 12.4 Å². The number of rotatable bonds is 8. The molecule has 20 heavy (non-hydrogen) atoms. The molecule has 0 aliphatic carbocycles. The van der Waals surface area contributed by atoms with Crippen molar-refractivity contribution >= 4 is 5.91 Å². The van der Waals surface area contributed by atoms with Crippen LogP contribution in [0.1, 0.15) is 19.4 Å². The largest absolute Gasteiger partial charge is 0.492 e. The predicted octanol–water partition coefficient (Wildman–Crippen LogP) is 2.17. The molecule has 1 aromatic carbocycles. The second-order valence-electron chi connectivity index (χ2n) is 4.97. The van der Waals surface area contributed by atoms with Gasteiger partial charge in [-0.3, -0.25) is 9.69 Å². The zero-order valence-electron chi connectivity index (χ0n) is 13.1. The fourth-order valence-corrected chi connectivity index (χ4v) is 1.94. The Labute approximate surface area is 122 Å². The van der Waals surface area contributed by atoms with Crippen molar-refractivity contribution in [3.05, 3.63) is 29.8 Å². The van der Waals surface area contributed by atoms with Crippen molar-refractivity contribution in [3.63, 3.8) is 0 Å². The van der Waals surface area contributed by atoms with E-state index < -0.39 is 0 Å². The fourth-order valence-electron chi connectivity index (χ4n) is 1.94. The number of carbonyl (C=O) groups is 1. The number of hydrogen-bond acceptors (Lipinski definition) is 3. The van der Waals surface area contributed by atoms with Gasteiger partial charge in [0, 0.05) is 19.6 Å². The predicted molar refractivity (Wildman–Crippen MR) is 82.1 cm³/mol. The van der Waals surface area contributed by atoms with Crippen molar-refractivity contribution in [1.29, 1.82) is 0 Å². The van der Waals surface area contributed by atoms with Gasteiger partial charge < -0.3 is 9.64 Å². The number of nitrogens with zero attached hydrogens (tertiary/aromatic N) is 2. The Hall–Kier alpha value is -1.55. The van der Waals surface area contributed by atoms with E-state index >= 15 is 0 Å². The summed E-state index contributed by atoms with van der Waals surface area (Å²) in [5.74, 6) is 1.05. The average molecular weight is 278 g/mol. The highest BCUT2D eigenvalue weighted by atomic mass is 16.5. The van der Waals surface area contributed by atoms with Gasteiger partial charge in [0.05, 0.1) is 6.54 Å². The Balaban J connectivity index is 2.27.